The van der Waals surface area contributed by atoms with Gasteiger partial charge in [-0.2, -0.15) is 5.10 Å². The summed E-state index contributed by atoms with van der Waals surface area (Å²) in [5.74, 6) is -1.26. The Morgan fingerprint density at radius 2 is 2.17 bits per heavy atom. The van der Waals surface area contributed by atoms with E-state index in [1.165, 1.54) is 16.9 Å². The number of halogens is 2. The molecular weight excluding hydrogens is 322 g/mol. The maximum Gasteiger partial charge on any atom is 0.306 e. The minimum absolute atomic E-state index is 0.0441. The van der Waals surface area contributed by atoms with E-state index in [9.17, 15) is 24.0 Å². The number of rotatable bonds is 5. The first kappa shape index (κ1) is 16.3. The Morgan fingerprint density at radius 3 is 2.88 bits per heavy atom. The average molecular weight is 338 g/mol. The van der Waals surface area contributed by atoms with E-state index in [-0.39, 0.29) is 18.8 Å². The molecule has 0 amide bonds. The lowest BCUT2D eigenvalue weighted by molar-refractivity contribution is -0.385. The van der Waals surface area contributed by atoms with Crippen LogP contribution >= 0.6 is 0 Å². The molecule has 7 nitrogen and oxygen atoms in total. The molecule has 0 fully saturated rings. The van der Waals surface area contributed by atoms with Crippen LogP contribution in [0.4, 0.5) is 20.2 Å². The summed E-state index contributed by atoms with van der Waals surface area (Å²) in [6.07, 6.45) is 2.74. The standard InChI is InChI=1S/C15H16F2N4O3/c16-11-4-10-2-1-3-19(15(10)14(17)5-11)8-13(22)9-20-7-12(6-18-20)21(23)24/h4-7,13,22H,1-3,8-9H2/t13-/m0/s1. The number of β-amino-alcohol motifs (C(OH)–C–C–N with tert-alkyl or cyclic N) is 1. The van der Waals surface area contributed by atoms with Gasteiger partial charge in [-0.15, -0.1) is 0 Å². The smallest absolute Gasteiger partial charge is 0.306 e. The van der Waals surface area contributed by atoms with Crippen molar-refractivity contribution >= 4 is 11.4 Å². The second-order valence-corrected chi connectivity index (χ2v) is 5.78. The fourth-order valence-electron chi connectivity index (χ4n) is 2.99. The van der Waals surface area contributed by atoms with Crippen LogP contribution in [0.1, 0.15) is 12.0 Å². The number of hydrogen-bond acceptors (Lipinski definition) is 5. The maximum absolute atomic E-state index is 14.1. The highest BCUT2D eigenvalue weighted by molar-refractivity contribution is 5.57. The minimum Gasteiger partial charge on any atom is -0.389 e. The van der Waals surface area contributed by atoms with Crippen molar-refractivity contribution in [3.05, 3.63) is 51.8 Å². The Hall–Kier alpha value is -2.55. The van der Waals surface area contributed by atoms with Gasteiger partial charge in [0.2, 0.25) is 0 Å². The van der Waals surface area contributed by atoms with Crippen LogP contribution in [0.5, 0.6) is 0 Å². The molecule has 2 aromatic rings. The molecule has 0 spiro atoms. The van der Waals surface area contributed by atoms with Gasteiger partial charge in [-0.3, -0.25) is 14.8 Å². The van der Waals surface area contributed by atoms with Crippen molar-refractivity contribution in [2.24, 2.45) is 0 Å². The largest absolute Gasteiger partial charge is 0.389 e. The summed E-state index contributed by atoms with van der Waals surface area (Å²) < 4.78 is 28.7. The molecule has 0 saturated heterocycles. The average Bonchev–Trinajstić information content (AvgIpc) is 2.95. The number of nitro groups is 1. The van der Waals surface area contributed by atoms with Gasteiger partial charge in [0.05, 0.1) is 23.3 Å². The zero-order valence-electron chi connectivity index (χ0n) is 12.7. The first-order chi connectivity index (χ1) is 11.4. The Morgan fingerprint density at radius 1 is 1.38 bits per heavy atom. The summed E-state index contributed by atoms with van der Waals surface area (Å²) in [5.41, 5.74) is 0.737. The normalized spacial score (nSPS) is 15.2. The summed E-state index contributed by atoms with van der Waals surface area (Å²) >= 11 is 0. The van der Waals surface area contributed by atoms with E-state index < -0.39 is 22.7 Å². The van der Waals surface area contributed by atoms with Crippen LogP contribution in [-0.4, -0.2) is 39.0 Å². The van der Waals surface area contributed by atoms with Gasteiger partial charge in [0.25, 0.3) is 0 Å². The molecular formula is C15H16F2N4O3. The first-order valence-electron chi connectivity index (χ1n) is 7.52. The second kappa shape index (κ2) is 6.52. The molecule has 1 aliphatic rings. The summed E-state index contributed by atoms with van der Waals surface area (Å²) in [5, 5.41) is 24.7. The van der Waals surface area contributed by atoms with Crippen LogP contribution in [0.3, 0.4) is 0 Å². The lowest BCUT2D eigenvalue weighted by Crippen LogP contribution is -2.38. The van der Waals surface area contributed by atoms with Crippen molar-refractivity contribution < 1.29 is 18.8 Å². The Balaban J connectivity index is 1.71. The fourth-order valence-corrected chi connectivity index (χ4v) is 2.99. The van der Waals surface area contributed by atoms with Gasteiger partial charge < -0.3 is 10.0 Å². The van der Waals surface area contributed by atoms with Crippen molar-refractivity contribution in [3.8, 4) is 0 Å². The molecule has 2 heterocycles. The van der Waals surface area contributed by atoms with E-state index in [0.717, 1.165) is 18.7 Å². The van der Waals surface area contributed by atoms with Gasteiger partial charge in [0.15, 0.2) is 0 Å². The van der Waals surface area contributed by atoms with E-state index in [1.807, 2.05) is 0 Å². The molecule has 0 unspecified atom stereocenters. The van der Waals surface area contributed by atoms with Crippen molar-refractivity contribution in [1.82, 2.24) is 9.78 Å². The Kier molecular flexibility index (Phi) is 4.43. The van der Waals surface area contributed by atoms with Crippen LogP contribution in [0.2, 0.25) is 0 Å². The zero-order chi connectivity index (χ0) is 17.3. The first-order valence-corrected chi connectivity index (χ1v) is 7.52. The number of aromatic nitrogens is 2. The molecule has 0 radical (unpaired) electrons. The highest BCUT2D eigenvalue weighted by Crippen LogP contribution is 2.31. The molecule has 0 aliphatic carbocycles. The van der Waals surface area contributed by atoms with Crippen LogP contribution in [-0.2, 0) is 13.0 Å². The molecule has 24 heavy (non-hydrogen) atoms. The summed E-state index contributed by atoms with van der Waals surface area (Å²) in [7, 11) is 0. The molecule has 0 bridgehead atoms. The zero-order valence-corrected chi connectivity index (χ0v) is 12.7. The Labute approximate surface area is 136 Å². The van der Waals surface area contributed by atoms with Crippen molar-refractivity contribution in [2.75, 3.05) is 18.0 Å². The Bertz CT molecular complexity index is 765. The van der Waals surface area contributed by atoms with Gasteiger partial charge >= 0.3 is 5.69 Å². The summed E-state index contributed by atoms with van der Waals surface area (Å²) in [4.78, 5) is 11.7. The van der Waals surface area contributed by atoms with E-state index in [4.69, 9.17) is 0 Å². The van der Waals surface area contributed by atoms with E-state index in [0.29, 0.717) is 24.2 Å². The number of hydrogen-bond donors (Lipinski definition) is 1. The molecule has 128 valence electrons. The molecule has 3 rings (SSSR count). The number of benzene rings is 1. The number of anilines is 1. The van der Waals surface area contributed by atoms with E-state index in [2.05, 4.69) is 5.10 Å². The predicted molar refractivity (Wildman–Crippen MR) is 81.8 cm³/mol. The van der Waals surface area contributed by atoms with Crippen LogP contribution < -0.4 is 4.90 Å². The minimum atomic E-state index is -0.903. The van der Waals surface area contributed by atoms with Gasteiger partial charge in [0.1, 0.15) is 24.0 Å². The molecule has 1 aromatic carbocycles. The molecule has 0 saturated carbocycles. The highest BCUT2D eigenvalue weighted by Gasteiger charge is 2.24. The number of fused-ring (bicyclic) bond motifs is 1. The van der Waals surface area contributed by atoms with Gasteiger partial charge in [-0.05, 0) is 24.5 Å². The van der Waals surface area contributed by atoms with E-state index >= 15 is 0 Å². The highest BCUT2D eigenvalue weighted by atomic mass is 19.1. The number of aliphatic hydroxyl groups is 1. The predicted octanol–water partition coefficient (Wildman–Crippen LogP) is 1.88. The molecule has 1 atom stereocenters. The van der Waals surface area contributed by atoms with Crippen LogP contribution in [0.15, 0.2) is 24.5 Å². The quantitative estimate of drug-likeness (QED) is 0.665. The molecule has 9 heteroatoms. The number of aryl methyl sites for hydroxylation is 1. The summed E-state index contributed by atoms with van der Waals surface area (Å²) in [6.45, 7) is 0.720. The van der Waals surface area contributed by atoms with Gasteiger partial charge in [0, 0.05) is 19.2 Å². The van der Waals surface area contributed by atoms with Crippen molar-refractivity contribution in [2.45, 2.75) is 25.5 Å². The monoisotopic (exact) mass is 338 g/mol. The third-order valence-corrected chi connectivity index (χ3v) is 3.96. The third-order valence-electron chi connectivity index (χ3n) is 3.96. The number of nitrogens with zero attached hydrogens (tertiary/aromatic N) is 4. The molecule has 1 N–H and O–H groups in total. The van der Waals surface area contributed by atoms with Crippen molar-refractivity contribution in [1.29, 1.82) is 0 Å². The number of aliphatic hydroxyl groups excluding tert-OH is 1. The third kappa shape index (κ3) is 3.35. The maximum atomic E-state index is 14.1. The van der Waals surface area contributed by atoms with Gasteiger partial charge in [-0.1, -0.05) is 0 Å². The van der Waals surface area contributed by atoms with Crippen LogP contribution in [0, 0.1) is 21.7 Å². The summed E-state index contributed by atoms with van der Waals surface area (Å²) in [6, 6.07) is 2.15. The van der Waals surface area contributed by atoms with E-state index in [1.54, 1.807) is 4.90 Å². The van der Waals surface area contributed by atoms with Gasteiger partial charge in [-0.25, -0.2) is 8.78 Å². The topological polar surface area (TPSA) is 84.4 Å². The SMILES string of the molecule is O=[N+]([O-])c1cnn(C[C@@H](O)CN2CCCc3cc(F)cc(F)c32)c1. The molecule has 1 aliphatic heterocycles. The lowest BCUT2D eigenvalue weighted by atomic mass is 10.0. The van der Waals surface area contributed by atoms with Crippen LogP contribution in [0.25, 0.3) is 0 Å². The second-order valence-electron chi connectivity index (χ2n) is 5.78. The fraction of sp³-hybridized carbons (Fsp3) is 0.400. The van der Waals surface area contributed by atoms with Crippen molar-refractivity contribution in [3.63, 3.8) is 0 Å². The lowest BCUT2D eigenvalue weighted by Gasteiger charge is -2.33. The molecule has 1 aromatic heterocycles.